The van der Waals surface area contributed by atoms with Crippen LogP contribution in [0, 0.1) is 5.92 Å². The van der Waals surface area contributed by atoms with E-state index in [0.29, 0.717) is 23.0 Å². The van der Waals surface area contributed by atoms with E-state index in [1.165, 1.54) is 37.5 Å². The number of halogens is 1. The van der Waals surface area contributed by atoms with Crippen LogP contribution in [0.4, 0.5) is 5.69 Å². The van der Waals surface area contributed by atoms with Crippen molar-refractivity contribution in [2.75, 3.05) is 10.7 Å². The second kappa shape index (κ2) is 7.92. The van der Waals surface area contributed by atoms with E-state index in [0.717, 1.165) is 6.42 Å². The Morgan fingerprint density at radius 2 is 1.96 bits per heavy atom. The van der Waals surface area contributed by atoms with Crippen LogP contribution >= 0.6 is 11.6 Å². The van der Waals surface area contributed by atoms with Gasteiger partial charge in [-0.2, -0.15) is 0 Å². The Balaban J connectivity index is 1.76. The molecule has 1 saturated carbocycles. The molecular formula is C19H24ClNO3S. The van der Waals surface area contributed by atoms with Gasteiger partial charge in [-0.3, -0.25) is 4.79 Å². The highest BCUT2D eigenvalue weighted by atomic mass is 35.5. The van der Waals surface area contributed by atoms with Crippen LogP contribution in [0.1, 0.15) is 44.9 Å². The molecule has 0 bridgehead atoms. The summed E-state index contributed by atoms with van der Waals surface area (Å²) in [4.78, 5) is 14.6. The lowest BCUT2D eigenvalue weighted by atomic mass is 9.86. The molecule has 1 aromatic rings. The molecule has 1 amide bonds. The van der Waals surface area contributed by atoms with Crippen LogP contribution in [0.5, 0.6) is 0 Å². The molecule has 0 radical (unpaired) electrons. The van der Waals surface area contributed by atoms with Gasteiger partial charge in [-0.25, -0.2) is 8.42 Å². The standard InChI is InChI=1S/C19H24ClNO3S/c20-16-7-4-8-17(13-16)21(18-11-12-25(23,24)14-18)19(22)10-9-15-5-2-1-3-6-15/h4,7-8,11-13,15,18H,1-3,5-6,9-10,14H2/t18-/m0/s1. The summed E-state index contributed by atoms with van der Waals surface area (Å²) in [6.45, 7) is 0. The molecule has 2 aliphatic rings. The van der Waals surface area contributed by atoms with Crippen LogP contribution in [0.15, 0.2) is 35.7 Å². The van der Waals surface area contributed by atoms with E-state index in [9.17, 15) is 13.2 Å². The highest BCUT2D eigenvalue weighted by molar-refractivity contribution is 7.94. The van der Waals surface area contributed by atoms with E-state index in [1.807, 2.05) is 6.07 Å². The molecule has 0 aromatic heterocycles. The zero-order valence-corrected chi connectivity index (χ0v) is 15.8. The molecule has 0 spiro atoms. The van der Waals surface area contributed by atoms with Crippen LogP contribution in [-0.4, -0.2) is 26.1 Å². The molecule has 3 rings (SSSR count). The SMILES string of the molecule is O=C(CCC1CCCCC1)N(c1cccc(Cl)c1)[C@H]1C=CS(=O)(=O)C1. The molecule has 1 aliphatic carbocycles. The first-order valence-electron chi connectivity index (χ1n) is 8.93. The van der Waals surface area contributed by atoms with Crippen molar-refractivity contribution >= 4 is 33.0 Å². The van der Waals surface area contributed by atoms with Crippen molar-refractivity contribution in [3.05, 3.63) is 40.8 Å². The smallest absolute Gasteiger partial charge is 0.227 e. The molecule has 1 atom stereocenters. The fourth-order valence-electron chi connectivity index (χ4n) is 3.79. The van der Waals surface area contributed by atoms with Gasteiger partial charge < -0.3 is 4.90 Å². The predicted octanol–water partition coefficient (Wildman–Crippen LogP) is 4.34. The van der Waals surface area contributed by atoms with Crippen LogP contribution in [0.3, 0.4) is 0 Å². The zero-order valence-electron chi connectivity index (χ0n) is 14.2. The van der Waals surface area contributed by atoms with E-state index in [-0.39, 0.29) is 11.7 Å². The monoisotopic (exact) mass is 381 g/mol. The third-order valence-electron chi connectivity index (χ3n) is 5.09. The van der Waals surface area contributed by atoms with Crippen molar-refractivity contribution in [2.45, 2.75) is 51.0 Å². The number of carbonyl (C=O) groups is 1. The largest absolute Gasteiger partial charge is 0.304 e. The summed E-state index contributed by atoms with van der Waals surface area (Å²) >= 11 is 6.08. The van der Waals surface area contributed by atoms with Crippen molar-refractivity contribution in [3.63, 3.8) is 0 Å². The second-order valence-electron chi connectivity index (χ2n) is 7.01. The minimum atomic E-state index is -3.23. The molecule has 25 heavy (non-hydrogen) atoms. The number of sulfone groups is 1. The predicted molar refractivity (Wildman–Crippen MR) is 101 cm³/mol. The summed E-state index contributed by atoms with van der Waals surface area (Å²) in [5, 5.41) is 1.75. The molecular weight excluding hydrogens is 358 g/mol. The van der Waals surface area contributed by atoms with Crippen molar-refractivity contribution in [3.8, 4) is 0 Å². The average Bonchev–Trinajstić information content (AvgIpc) is 2.94. The van der Waals surface area contributed by atoms with E-state index >= 15 is 0 Å². The first-order valence-corrected chi connectivity index (χ1v) is 11.0. The minimum Gasteiger partial charge on any atom is -0.304 e. The topological polar surface area (TPSA) is 54.5 Å². The first-order chi connectivity index (χ1) is 11.9. The van der Waals surface area contributed by atoms with Crippen molar-refractivity contribution < 1.29 is 13.2 Å². The van der Waals surface area contributed by atoms with Gasteiger partial charge in [0, 0.05) is 22.5 Å². The molecule has 1 aromatic carbocycles. The van der Waals surface area contributed by atoms with Gasteiger partial charge in [0.1, 0.15) is 0 Å². The molecule has 0 saturated heterocycles. The van der Waals surface area contributed by atoms with Crippen LogP contribution in [-0.2, 0) is 14.6 Å². The number of carbonyl (C=O) groups excluding carboxylic acids is 1. The molecule has 0 unspecified atom stereocenters. The Morgan fingerprint density at radius 3 is 2.60 bits per heavy atom. The Bertz CT molecular complexity index is 754. The molecule has 0 N–H and O–H groups in total. The highest BCUT2D eigenvalue weighted by Crippen LogP contribution is 2.30. The number of nitrogens with zero attached hydrogens (tertiary/aromatic N) is 1. The van der Waals surface area contributed by atoms with Gasteiger partial charge in [0.2, 0.25) is 5.91 Å². The number of rotatable bonds is 5. The number of amides is 1. The maximum Gasteiger partial charge on any atom is 0.227 e. The van der Waals surface area contributed by atoms with Gasteiger partial charge in [-0.1, -0.05) is 49.8 Å². The quantitative estimate of drug-likeness (QED) is 0.762. The summed E-state index contributed by atoms with van der Waals surface area (Å²) in [5.41, 5.74) is 0.660. The van der Waals surface area contributed by atoms with Crippen LogP contribution in [0.25, 0.3) is 0 Å². The first kappa shape index (κ1) is 18.5. The number of anilines is 1. The van der Waals surface area contributed by atoms with Crippen molar-refractivity contribution in [1.29, 1.82) is 0 Å². The lowest BCUT2D eigenvalue weighted by Gasteiger charge is -2.29. The molecule has 1 fully saturated rings. The Kier molecular flexibility index (Phi) is 5.85. The van der Waals surface area contributed by atoms with Crippen molar-refractivity contribution in [2.24, 2.45) is 5.92 Å². The fraction of sp³-hybridized carbons (Fsp3) is 0.526. The van der Waals surface area contributed by atoms with Gasteiger partial charge in [0.15, 0.2) is 9.84 Å². The fourth-order valence-corrected chi connectivity index (χ4v) is 5.24. The number of benzene rings is 1. The lowest BCUT2D eigenvalue weighted by Crippen LogP contribution is -2.41. The zero-order chi connectivity index (χ0) is 17.9. The molecule has 4 nitrogen and oxygen atoms in total. The Labute approximate surface area is 154 Å². The summed E-state index contributed by atoms with van der Waals surface area (Å²) < 4.78 is 23.6. The highest BCUT2D eigenvalue weighted by Gasteiger charge is 2.31. The summed E-state index contributed by atoms with van der Waals surface area (Å²) in [7, 11) is -3.23. The van der Waals surface area contributed by atoms with E-state index in [4.69, 9.17) is 11.6 Å². The molecule has 1 heterocycles. The molecule has 1 aliphatic heterocycles. The van der Waals surface area contributed by atoms with E-state index < -0.39 is 15.9 Å². The summed E-state index contributed by atoms with van der Waals surface area (Å²) in [6.07, 6.45) is 9.12. The third kappa shape index (κ3) is 4.85. The number of hydrogen-bond acceptors (Lipinski definition) is 3. The van der Waals surface area contributed by atoms with Gasteiger partial charge in [-0.15, -0.1) is 0 Å². The third-order valence-corrected chi connectivity index (χ3v) is 6.70. The van der Waals surface area contributed by atoms with Gasteiger partial charge in [0.25, 0.3) is 0 Å². The Morgan fingerprint density at radius 1 is 1.20 bits per heavy atom. The van der Waals surface area contributed by atoms with E-state index in [2.05, 4.69) is 0 Å². The van der Waals surface area contributed by atoms with Crippen molar-refractivity contribution in [1.82, 2.24) is 0 Å². The van der Waals surface area contributed by atoms with Gasteiger partial charge in [-0.05, 0) is 36.6 Å². The molecule has 136 valence electrons. The molecule has 6 heteroatoms. The maximum atomic E-state index is 12.9. The summed E-state index contributed by atoms with van der Waals surface area (Å²) in [5.74, 6) is 0.524. The lowest BCUT2D eigenvalue weighted by molar-refractivity contribution is -0.119. The Hall–Kier alpha value is -1.33. The second-order valence-corrected chi connectivity index (χ2v) is 9.38. The average molecular weight is 382 g/mol. The minimum absolute atomic E-state index is 0.0282. The maximum absolute atomic E-state index is 12.9. The summed E-state index contributed by atoms with van der Waals surface area (Å²) in [6, 6.07) is 6.60. The van der Waals surface area contributed by atoms with E-state index in [1.54, 1.807) is 29.2 Å². The normalized spacial score (nSPS) is 22.8. The van der Waals surface area contributed by atoms with Crippen LogP contribution in [0.2, 0.25) is 5.02 Å². The van der Waals surface area contributed by atoms with Gasteiger partial charge >= 0.3 is 0 Å². The number of hydrogen-bond donors (Lipinski definition) is 0. The van der Waals surface area contributed by atoms with Crippen LogP contribution < -0.4 is 4.90 Å². The van der Waals surface area contributed by atoms with Gasteiger partial charge in [0.05, 0.1) is 11.8 Å².